The third-order valence-corrected chi connectivity index (χ3v) is 1.38. The molecule has 5 heteroatoms. The highest BCUT2D eigenvalue weighted by molar-refractivity contribution is 5.73. The summed E-state index contributed by atoms with van der Waals surface area (Å²) >= 11 is 0. The lowest BCUT2D eigenvalue weighted by Crippen LogP contribution is -2.37. The highest BCUT2D eigenvalue weighted by Gasteiger charge is 2.20. The molecule has 0 bridgehead atoms. The van der Waals surface area contributed by atoms with Gasteiger partial charge in [0.05, 0.1) is 12.8 Å². The maximum atomic E-state index is 11.6. The smallest absolute Gasteiger partial charge is 0.410 e. The van der Waals surface area contributed by atoms with Crippen LogP contribution in [-0.2, 0) is 4.74 Å². The van der Waals surface area contributed by atoms with Crippen LogP contribution in [0.2, 0.25) is 0 Å². The van der Waals surface area contributed by atoms with Crippen LogP contribution in [0.4, 0.5) is 4.79 Å². The van der Waals surface area contributed by atoms with Gasteiger partial charge in [0, 0.05) is 6.54 Å². The first-order chi connectivity index (χ1) is 6.90. The molecule has 0 aromatic rings. The van der Waals surface area contributed by atoms with E-state index >= 15 is 0 Å². The fourth-order valence-corrected chi connectivity index (χ4v) is 0.841. The van der Waals surface area contributed by atoms with Crippen LogP contribution in [-0.4, -0.2) is 41.1 Å². The van der Waals surface area contributed by atoms with Gasteiger partial charge in [-0.05, 0) is 20.8 Å². The van der Waals surface area contributed by atoms with Crippen molar-refractivity contribution in [3.63, 3.8) is 0 Å². The molecule has 0 aromatic carbocycles. The number of hydrogen-bond acceptors (Lipinski definition) is 4. The van der Waals surface area contributed by atoms with Crippen molar-refractivity contribution in [3.8, 4) is 0 Å². The van der Waals surface area contributed by atoms with E-state index in [9.17, 15) is 4.79 Å². The van der Waals surface area contributed by atoms with Crippen molar-refractivity contribution < 1.29 is 14.7 Å². The van der Waals surface area contributed by atoms with Crippen molar-refractivity contribution in [2.24, 2.45) is 5.16 Å². The Labute approximate surface area is 90.0 Å². The summed E-state index contributed by atoms with van der Waals surface area (Å²) in [6.07, 6.45) is 2.34. The molecule has 0 fully saturated rings. The predicted octanol–water partition coefficient (Wildman–Crippen LogP) is 1.87. The molecule has 86 valence electrons. The molecule has 0 aromatic heterocycles. The Balaban J connectivity index is 4.34. The van der Waals surface area contributed by atoms with Gasteiger partial charge in [-0.15, -0.1) is 11.7 Å². The second-order valence-corrected chi connectivity index (χ2v) is 3.97. The number of ether oxygens (including phenoxy) is 1. The first-order valence-corrected chi connectivity index (χ1v) is 4.65. The Morgan fingerprint density at radius 1 is 1.53 bits per heavy atom. The monoisotopic (exact) mass is 214 g/mol. The van der Waals surface area contributed by atoms with Crippen LogP contribution in [0.15, 0.2) is 17.8 Å². The normalized spacial score (nSPS) is 11.4. The second-order valence-electron chi connectivity index (χ2n) is 3.97. The molecular weight excluding hydrogens is 196 g/mol. The third kappa shape index (κ3) is 6.54. The lowest BCUT2D eigenvalue weighted by molar-refractivity contribution is 0.0300. The molecule has 5 nitrogen and oxygen atoms in total. The zero-order chi connectivity index (χ0) is 11.9. The largest absolute Gasteiger partial charge is 0.444 e. The molecule has 0 unspecified atom stereocenters. The van der Waals surface area contributed by atoms with Gasteiger partial charge in [-0.1, -0.05) is 6.08 Å². The molecule has 0 heterocycles. The lowest BCUT2D eigenvalue weighted by atomic mass is 10.2. The van der Waals surface area contributed by atoms with Crippen LogP contribution in [0, 0.1) is 0 Å². The van der Waals surface area contributed by atoms with E-state index in [0.29, 0.717) is 6.54 Å². The number of oxime groups is 1. The molecule has 0 radical (unpaired) electrons. The molecule has 0 saturated heterocycles. The molecule has 0 atom stereocenters. The number of hydrogen-bond donors (Lipinski definition) is 1. The molecule has 0 aliphatic carbocycles. The van der Waals surface area contributed by atoms with Gasteiger partial charge in [0.25, 0.3) is 0 Å². The summed E-state index contributed by atoms with van der Waals surface area (Å²) in [7, 11) is 0. The second kappa shape index (κ2) is 6.06. The van der Waals surface area contributed by atoms with Gasteiger partial charge in [0.2, 0.25) is 0 Å². The van der Waals surface area contributed by atoms with Gasteiger partial charge in [0.1, 0.15) is 5.60 Å². The third-order valence-electron chi connectivity index (χ3n) is 1.38. The SMILES string of the molecule is C=CCN(C/C=N/O)C(=O)OC(C)(C)C. The van der Waals surface area contributed by atoms with Gasteiger partial charge in [-0.2, -0.15) is 0 Å². The molecule has 15 heavy (non-hydrogen) atoms. The van der Waals surface area contributed by atoms with E-state index in [1.165, 1.54) is 11.1 Å². The minimum Gasteiger partial charge on any atom is -0.444 e. The fraction of sp³-hybridized carbons (Fsp3) is 0.600. The quantitative estimate of drug-likeness (QED) is 0.336. The Kier molecular flexibility index (Phi) is 5.44. The van der Waals surface area contributed by atoms with Gasteiger partial charge in [0.15, 0.2) is 0 Å². The predicted molar refractivity (Wildman–Crippen MR) is 58.3 cm³/mol. The average molecular weight is 214 g/mol. The van der Waals surface area contributed by atoms with Crippen molar-refractivity contribution in [1.82, 2.24) is 4.90 Å². The summed E-state index contributed by atoms with van der Waals surface area (Å²) in [4.78, 5) is 12.9. The highest BCUT2D eigenvalue weighted by Crippen LogP contribution is 2.09. The molecule has 0 aliphatic heterocycles. The summed E-state index contributed by atoms with van der Waals surface area (Å²) in [5.41, 5.74) is -0.535. The van der Waals surface area contributed by atoms with Crippen LogP contribution in [0.1, 0.15) is 20.8 Å². The minimum atomic E-state index is -0.535. The molecule has 0 rings (SSSR count). The van der Waals surface area contributed by atoms with E-state index in [0.717, 1.165) is 0 Å². The van der Waals surface area contributed by atoms with E-state index < -0.39 is 11.7 Å². The van der Waals surface area contributed by atoms with Crippen LogP contribution in [0.5, 0.6) is 0 Å². The summed E-state index contributed by atoms with van der Waals surface area (Å²) in [5, 5.41) is 11.1. The standard InChI is InChI=1S/C10H18N2O3/c1-5-7-12(8-6-11-14)9(13)15-10(2,3)4/h5-6,14H,1,7-8H2,2-4H3/b11-6+. The summed E-state index contributed by atoms with van der Waals surface area (Å²) in [6, 6.07) is 0. The molecular formula is C10H18N2O3. The average Bonchev–Trinajstić information content (AvgIpc) is 2.09. The lowest BCUT2D eigenvalue weighted by Gasteiger charge is -2.25. The number of nitrogens with zero attached hydrogens (tertiary/aromatic N) is 2. The van der Waals surface area contributed by atoms with E-state index in [-0.39, 0.29) is 6.54 Å². The van der Waals surface area contributed by atoms with Crippen molar-refractivity contribution in [3.05, 3.63) is 12.7 Å². The van der Waals surface area contributed by atoms with Crippen molar-refractivity contribution >= 4 is 12.3 Å². The van der Waals surface area contributed by atoms with Crippen LogP contribution in [0.3, 0.4) is 0 Å². The Hall–Kier alpha value is -1.52. The zero-order valence-electron chi connectivity index (χ0n) is 9.43. The Morgan fingerprint density at radius 2 is 2.13 bits per heavy atom. The van der Waals surface area contributed by atoms with Crippen LogP contribution in [0.25, 0.3) is 0 Å². The molecule has 1 amide bonds. The van der Waals surface area contributed by atoms with Gasteiger partial charge in [-0.3, -0.25) is 4.90 Å². The maximum absolute atomic E-state index is 11.6. The van der Waals surface area contributed by atoms with Crippen molar-refractivity contribution in [2.75, 3.05) is 13.1 Å². The van der Waals surface area contributed by atoms with Gasteiger partial charge >= 0.3 is 6.09 Å². The van der Waals surface area contributed by atoms with Gasteiger partial charge < -0.3 is 9.94 Å². The zero-order valence-corrected chi connectivity index (χ0v) is 9.43. The number of carbonyl (C=O) groups is 1. The summed E-state index contributed by atoms with van der Waals surface area (Å²) in [6.45, 7) is 9.44. The van der Waals surface area contributed by atoms with E-state index in [1.807, 2.05) is 0 Å². The van der Waals surface area contributed by atoms with E-state index in [1.54, 1.807) is 26.8 Å². The first kappa shape index (κ1) is 13.5. The van der Waals surface area contributed by atoms with E-state index in [4.69, 9.17) is 9.94 Å². The Bertz CT molecular complexity index is 244. The summed E-state index contributed by atoms with van der Waals surface area (Å²) < 4.78 is 5.15. The Morgan fingerprint density at radius 3 is 2.53 bits per heavy atom. The van der Waals surface area contributed by atoms with Crippen LogP contribution < -0.4 is 0 Å². The minimum absolute atomic E-state index is 0.192. The van der Waals surface area contributed by atoms with Gasteiger partial charge in [-0.25, -0.2) is 4.79 Å². The number of rotatable bonds is 4. The topological polar surface area (TPSA) is 62.1 Å². The van der Waals surface area contributed by atoms with E-state index in [2.05, 4.69) is 11.7 Å². The molecule has 1 N–H and O–H groups in total. The fourth-order valence-electron chi connectivity index (χ4n) is 0.841. The highest BCUT2D eigenvalue weighted by atomic mass is 16.6. The van der Waals surface area contributed by atoms with Crippen LogP contribution >= 0.6 is 0 Å². The molecule has 0 saturated carbocycles. The summed E-state index contributed by atoms with van der Waals surface area (Å²) in [5.74, 6) is 0. The number of amides is 1. The molecule has 0 aliphatic rings. The van der Waals surface area contributed by atoms with Crippen molar-refractivity contribution in [2.45, 2.75) is 26.4 Å². The molecule has 0 spiro atoms. The van der Waals surface area contributed by atoms with Crippen molar-refractivity contribution in [1.29, 1.82) is 0 Å². The first-order valence-electron chi connectivity index (χ1n) is 4.65. The number of carbonyl (C=O) groups excluding carboxylic acids is 1. The maximum Gasteiger partial charge on any atom is 0.410 e.